The van der Waals surface area contributed by atoms with Gasteiger partial charge in [-0.05, 0) is 69.4 Å². The minimum atomic E-state index is -0.708. The van der Waals surface area contributed by atoms with Crippen molar-refractivity contribution < 1.29 is 22.7 Å². The summed E-state index contributed by atoms with van der Waals surface area (Å²) in [6.45, 7) is 5.86. The summed E-state index contributed by atoms with van der Waals surface area (Å²) in [5, 5.41) is 4.04. The number of aromatic amines is 1. The summed E-state index contributed by atoms with van der Waals surface area (Å²) in [5.41, 5.74) is 4.93. The number of imidazole rings is 1. The number of halogens is 1. The molecule has 212 valence electrons. The number of nitrogens with one attached hydrogen (secondary N) is 1. The Bertz CT molecular complexity index is 1530. The van der Waals surface area contributed by atoms with E-state index in [1.807, 2.05) is 36.4 Å². The Hall–Kier alpha value is -3.57. The Labute approximate surface area is 235 Å². The monoisotopic (exact) mass is 567 g/mol. The molecule has 40 heavy (non-hydrogen) atoms. The van der Waals surface area contributed by atoms with E-state index < -0.39 is 16.8 Å². The number of aryl methyl sites for hydroxylation is 2. The molecule has 2 saturated heterocycles. The van der Waals surface area contributed by atoms with Crippen molar-refractivity contribution in [3.05, 3.63) is 59.5 Å². The summed E-state index contributed by atoms with van der Waals surface area (Å²) >= 11 is 0. The molecule has 6 rings (SSSR count). The quantitative estimate of drug-likeness (QED) is 0.336. The Kier molecular flexibility index (Phi) is 8.32. The highest BCUT2D eigenvalue weighted by Gasteiger charge is 2.33. The fraction of sp³-hybridized carbons (Fsp3) is 0.414. The molecule has 0 bridgehead atoms. The van der Waals surface area contributed by atoms with Gasteiger partial charge in [-0.1, -0.05) is 11.2 Å². The zero-order valence-electron chi connectivity index (χ0n) is 23.2. The molecule has 0 spiro atoms. The Morgan fingerprint density at radius 2 is 1.90 bits per heavy atom. The number of methoxy groups -OCH3 is 1. The van der Waals surface area contributed by atoms with Gasteiger partial charge in [0, 0.05) is 43.1 Å². The van der Waals surface area contributed by atoms with Crippen LogP contribution in [0.1, 0.15) is 55.4 Å². The number of carbonyl (C=O) groups is 1. The van der Waals surface area contributed by atoms with Crippen molar-refractivity contribution in [3.8, 4) is 16.9 Å². The molecule has 1 unspecified atom stereocenters. The summed E-state index contributed by atoms with van der Waals surface area (Å²) in [5.74, 6) is 1.02. The normalized spacial score (nSPS) is 18.6. The molecule has 4 aromatic rings. The molecule has 2 aliphatic rings. The van der Waals surface area contributed by atoms with E-state index in [4.69, 9.17) is 14.2 Å². The van der Waals surface area contributed by atoms with Crippen LogP contribution in [0.4, 0.5) is 10.1 Å². The maximum Gasteiger partial charge on any atom is 0.227 e. The molecular weight excluding hydrogens is 533 g/mol. The molecule has 9 nitrogen and oxygen atoms in total. The van der Waals surface area contributed by atoms with E-state index in [0.717, 1.165) is 59.5 Å². The summed E-state index contributed by atoms with van der Waals surface area (Å²) in [6.07, 6.45) is 6.08. The third-order valence-corrected chi connectivity index (χ3v) is 8.52. The highest BCUT2D eigenvalue weighted by Crippen LogP contribution is 2.37. The number of carbonyl (C=O) groups excluding carboxylic acids is 1. The molecule has 1 N–H and O–H groups in total. The Balaban J connectivity index is 0.000000348. The smallest absolute Gasteiger partial charge is 0.227 e. The third kappa shape index (κ3) is 5.66. The van der Waals surface area contributed by atoms with Crippen molar-refractivity contribution in [2.75, 3.05) is 31.4 Å². The zero-order valence-corrected chi connectivity index (χ0v) is 24.0. The van der Waals surface area contributed by atoms with Gasteiger partial charge in [0.25, 0.3) is 0 Å². The SMILES string of the molecule is COc1ccc(N2C(=O)CCC[C@H]2c2nc3ccc(-c4c(C)noc4C)cc3[nH]2)cc1F.CS(=O)N1CCCC1. The molecule has 11 heteroatoms. The fourth-order valence-corrected chi connectivity index (χ4v) is 6.21. The van der Waals surface area contributed by atoms with E-state index in [2.05, 4.69) is 10.1 Å². The summed E-state index contributed by atoms with van der Waals surface area (Å²) in [6, 6.07) is 10.2. The highest BCUT2D eigenvalue weighted by molar-refractivity contribution is 7.81. The molecule has 0 aliphatic carbocycles. The summed E-state index contributed by atoms with van der Waals surface area (Å²) in [7, 11) is 0.707. The Morgan fingerprint density at radius 1 is 1.12 bits per heavy atom. The van der Waals surface area contributed by atoms with Crippen LogP contribution in [0.2, 0.25) is 0 Å². The van der Waals surface area contributed by atoms with Crippen LogP contribution in [0.25, 0.3) is 22.2 Å². The van der Waals surface area contributed by atoms with Crippen molar-refractivity contribution in [2.24, 2.45) is 0 Å². The lowest BCUT2D eigenvalue weighted by Gasteiger charge is -2.34. The number of H-pyrrole nitrogens is 1. The zero-order chi connectivity index (χ0) is 28.4. The molecule has 1 amide bonds. The van der Waals surface area contributed by atoms with E-state index in [1.54, 1.807) is 17.2 Å². The van der Waals surface area contributed by atoms with E-state index in [0.29, 0.717) is 17.9 Å². The van der Waals surface area contributed by atoms with Crippen LogP contribution < -0.4 is 9.64 Å². The molecule has 0 saturated carbocycles. The average molecular weight is 568 g/mol. The van der Waals surface area contributed by atoms with Gasteiger partial charge in [-0.25, -0.2) is 17.9 Å². The minimum absolute atomic E-state index is 0.0531. The van der Waals surface area contributed by atoms with Crippen LogP contribution in [0, 0.1) is 19.7 Å². The second-order valence-electron chi connectivity index (χ2n) is 10.1. The highest BCUT2D eigenvalue weighted by atomic mass is 32.2. The maximum absolute atomic E-state index is 14.4. The van der Waals surface area contributed by atoms with Gasteiger partial charge in [-0.2, -0.15) is 0 Å². The average Bonchev–Trinajstić information content (AvgIpc) is 3.69. The number of benzene rings is 2. The van der Waals surface area contributed by atoms with Gasteiger partial charge in [0.2, 0.25) is 5.91 Å². The molecule has 2 aromatic heterocycles. The summed E-state index contributed by atoms with van der Waals surface area (Å²) < 4.78 is 37.4. The topological polar surface area (TPSA) is 105 Å². The van der Waals surface area contributed by atoms with E-state index in [1.165, 1.54) is 32.1 Å². The second kappa shape index (κ2) is 11.9. The first-order valence-electron chi connectivity index (χ1n) is 13.4. The molecule has 2 atom stereocenters. The number of nitrogens with zero attached hydrogens (tertiary/aromatic N) is 4. The van der Waals surface area contributed by atoms with E-state index in [-0.39, 0.29) is 17.7 Å². The van der Waals surface area contributed by atoms with Crippen molar-refractivity contribution in [2.45, 2.75) is 52.0 Å². The van der Waals surface area contributed by atoms with Crippen LogP contribution in [0.5, 0.6) is 5.75 Å². The number of ether oxygens (including phenoxy) is 1. The molecular formula is C29H34FN5O4S. The number of anilines is 1. The van der Waals surface area contributed by atoms with Crippen molar-refractivity contribution in [3.63, 3.8) is 0 Å². The maximum atomic E-state index is 14.4. The van der Waals surface area contributed by atoms with Crippen LogP contribution in [0.3, 0.4) is 0 Å². The predicted molar refractivity (Wildman–Crippen MR) is 153 cm³/mol. The number of amides is 1. The minimum Gasteiger partial charge on any atom is -0.494 e. The van der Waals surface area contributed by atoms with Gasteiger partial charge in [-0.3, -0.25) is 4.79 Å². The van der Waals surface area contributed by atoms with Gasteiger partial charge >= 0.3 is 0 Å². The van der Waals surface area contributed by atoms with Crippen LogP contribution in [-0.4, -0.2) is 56.0 Å². The lowest BCUT2D eigenvalue weighted by molar-refractivity contribution is -0.120. The number of hydrogen-bond donors (Lipinski definition) is 1. The lowest BCUT2D eigenvalue weighted by atomic mass is 10.00. The molecule has 2 fully saturated rings. The standard InChI is InChI=1S/C24H23FN4O3.C5H11NOS/c1-13-23(14(2)32-28-13)15-7-9-18-19(11-15)27-24(26-18)20-5-4-6-22(30)29(20)16-8-10-21(31-3)17(25)12-16;1-8(7)6-4-2-3-5-6/h7-12,20H,4-6H2,1-3H3,(H,26,27);2-5H2,1H3/t20-;/m0./s1. The van der Waals surface area contributed by atoms with Crippen LogP contribution >= 0.6 is 0 Å². The second-order valence-corrected chi connectivity index (χ2v) is 11.5. The summed E-state index contributed by atoms with van der Waals surface area (Å²) in [4.78, 5) is 22.6. The van der Waals surface area contributed by atoms with Gasteiger partial charge in [0.1, 0.15) is 11.6 Å². The number of rotatable bonds is 5. The fourth-order valence-electron chi connectivity index (χ4n) is 5.44. The Morgan fingerprint density at radius 3 is 2.52 bits per heavy atom. The van der Waals surface area contributed by atoms with Crippen molar-refractivity contribution in [1.82, 2.24) is 19.4 Å². The van der Waals surface area contributed by atoms with Crippen LogP contribution in [-0.2, 0) is 15.8 Å². The number of aromatic nitrogens is 3. The molecule has 2 aromatic carbocycles. The van der Waals surface area contributed by atoms with Gasteiger partial charge < -0.3 is 19.1 Å². The molecule has 0 radical (unpaired) electrons. The third-order valence-electron chi connectivity index (χ3n) is 7.43. The first-order chi connectivity index (χ1) is 19.3. The van der Waals surface area contributed by atoms with Gasteiger partial charge in [-0.15, -0.1) is 0 Å². The molecule has 2 aliphatic heterocycles. The van der Waals surface area contributed by atoms with Gasteiger partial charge in [0.15, 0.2) is 11.6 Å². The van der Waals surface area contributed by atoms with E-state index in [9.17, 15) is 13.4 Å². The number of fused-ring (bicyclic) bond motifs is 1. The first kappa shape index (κ1) is 28.0. The van der Waals surface area contributed by atoms with Gasteiger partial charge in [0.05, 0.1) is 40.9 Å². The van der Waals surface area contributed by atoms with Crippen molar-refractivity contribution in [1.29, 1.82) is 0 Å². The lowest BCUT2D eigenvalue weighted by Crippen LogP contribution is -2.38. The van der Waals surface area contributed by atoms with Crippen LogP contribution in [0.15, 0.2) is 40.9 Å². The predicted octanol–water partition coefficient (Wildman–Crippen LogP) is 5.62. The molecule has 4 heterocycles. The van der Waals surface area contributed by atoms with E-state index >= 15 is 0 Å². The first-order valence-corrected chi connectivity index (χ1v) is 14.9. The van der Waals surface area contributed by atoms with Crippen molar-refractivity contribution >= 4 is 33.6 Å². The largest absolute Gasteiger partial charge is 0.494 e. The number of hydrogen-bond acceptors (Lipinski definition) is 6. The number of piperidine rings is 1.